The average molecular weight is 238 g/mol. The quantitative estimate of drug-likeness (QED) is 0.705. The third-order valence-corrected chi connectivity index (χ3v) is 2.19. The standard InChI is InChI=1S/C8H10N6O3/c1-13-11-6(9-12-13)4-14-7(15)3-2-5(10-14)8(16)17/h2-4H2,1H3,(H,16,17). The van der Waals surface area contributed by atoms with Crippen LogP contribution in [0.25, 0.3) is 0 Å². The van der Waals surface area contributed by atoms with Crippen molar-refractivity contribution in [2.45, 2.75) is 19.4 Å². The van der Waals surface area contributed by atoms with Gasteiger partial charge in [-0.2, -0.15) is 9.90 Å². The molecule has 0 radical (unpaired) electrons. The van der Waals surface area contributed by atoms with Gasteiger partial charge in [-0.3, -0.25) is 4.79 Å². The third-order valence-electron chi connectivity index (χ3n) is 2.19. The van der Waals surface area contributed by atoms with Gasteiger partial charge in [-0.1, -0.05) is 0 Å². The second-order valence-corrected chi connectivity index (χ2v) is 3.50. The van der Waals surface area contributed by atoms with Crippen LogP contribution in [-0.4, -0.2) is 47.9 Å². The summed E-state index contributed by atoms with van der Waals surface area (Å²) in [7, 11) is 1.60. The summed E-state index contributed by atoms with van der Waals surface area (Å²) in [6.07, 6.45) is 0.282. The van der Waals surface area contributed by atoms with Crippen molar-refractivity contribution >= 4 is 17.6 Å². The Hall–Kier alpha value is -2.32. The maximum Gasteiger partial charge on any atom is 0.352 e. The average Bonchev–Trinajstić information content (AvgIpc) is 2.67. The summed E-state index contributed by atoms with van der Waals surface area (Å²) in [6, 6.07) is 0. The molecule has 0 aliphatic carbocycles. The number of aromatic nitrogens is 4. The fraction of sp³-hybridized carbons (Fsp3) is 0.500. The van der Waals surface area contributed by atoms with E-state index in [0.717, 1.165) is 5.01 Å². The maximum atomic E-state index is 11.5. The molecule has 0 unspecified atom stereocenters. The maximum absolute atomic E-state index is 11.5. The van der Waals surface area contributed by atoms with Crippen molar-refractivity contribution < 1.29 is 14.7 Å². The largest absolute Gasteiger partial charge is 0.477 e. The van der Waals surface area contributed by atoms with Gasteiger partial charge in [-0.25, -0.2) is 9.80 Å². The zero-order valence-electron chi connectivity index (χ0n) is 9.07. The molecule has 90 valence electrons. The Bertz CT molecular complexity index is 493. The van der Waals surface area contributed by atoms with Crippen molar-refractivity contribution in [2.75, 3.05) is 0 Å². The number of carboxylic acid groups (broad SMARTS) is 1. The number of amides is 1. The van der Waals surface area contributed by atoms with E-state index in [2.05, 4.69) is 20.5 Å². The monoisotopic (exact) mass is 238 g/mol. The predicted molar refractivity (Wildman–Crippen MR) is 53.7 cm³/mol. The lowest BCUT2D eigenvalue weighted by molar-refractivity contribution is -0.133. The van der Waals surface area contributed by atoms with Crippen LogP contribution >= 0.6 is 0 Å². The number of aryl methyl sites for hydroxylation is 1. The van der Waals surface area contributed by atoms with Crippen molar-refractivity contribution in [2.24, 2.45) is 12.1 Å². The number of hydrazone groups is 1. The van der Waals surface area contributed by atoms with E-state index >= 15 is 0 Å². The smallest absolute Gasteiger partial charge is 0.352 e. The van der Waals surface area contributed by atoms with Gasteiger partial charge in [0.05, 0.1) is 7.05 Å². The first kappa shape index (κ1) is 11.2. The lowest BCUT2D eigenvalue weighted by Gasteiger charge is -2.20. The van der Waals surface area contributed by atoms with Crippen LogP contribution in [0.2, 0.25) is 0 Å². The predicted octanol–water partition coefficient (Wildman–Crippen LogP) is -1.23. The first-order chi connectivity index (χ1) is 8.06. The van der Waals surface area contributed by atoms with Crippen LogP contribution in [-0.2, 0) is 23.2 Å². The van der Waals surface area contributed by atoms with Gasteiger partial charge in [0.2, 0.25) is 5.91 Å². The van der Waals surface area contributed by atoms with Gasteiger partial charge in [0.25, 0.3) is 0 Å². The van der Waals surface area contributed by atoms with E-state index in [1.165, 1.54) is 4.80 Å². The molecule has 1 amide bonds. The molecule has 1 aliphatic heterocycles. The van der Waals surface area contributed by atoms with E-state index in [1.54, 1.807) is 7.05 Å². The first-order valence-corrected chi connectivity index (χ1v) is 4.90. The Kier molecular flexibility index (Phi) is 2.81. The van der Waals surface area contributed by atoms with Crippen molar-refractivity contribution in [1.29, 1.82) is 0 Å². The highest BCUT2D eigenvalue weighted by atomic mass is 16.4. The highest BCUT2D eigenvalue weighted by molar-refractivity contribution is 6.36. The van der Waals surface area contributed by atoms with Gasteiger partial charge in [-0.05, 0) is 5.21 Å². The molecule has 0 saturated heterocycles. The minimum atomic E-state index is -1.12. The minimum absolute atomic E-state index is 0.0312. The number of aliphatic carboxylic acids is 1. The van der Waals surface area contributed by atoms with E-state index in [4.69, 9.17) is 5.11 Å². The zero-order chi connectivity index (χ0) is 12.4. The molecular formula is C8H10N6O3. The summed E-state index contributed by atoms with van der Waals surface area (Å²) in [5.41, 5.74) is -0.0338. The summed E-state index contributed by atoms with van der Waals surface area (Å²) in [6.45, 7) is 0.0312. The molecule has 9 heteroatoms. The van der Waals surface area contributed by atoms with E-state index in [9.17, 15) is 9.59 Å². The summed E-state index contributed by atoms with van der Waals surface area (Å²) in [4.78, 5) is 23.5. The first-order valence-electron chi connectivity index (χ1n) is 4.90. The van der Waals surface area contributed by atoms with Gasteiger partial charge in [-0.15, -0.1) is 10.2 Å². The molecule has 1 aliphatic rings. The lowest BCUT2D eigenvalue weighted by Crippen LogP contribution is -2.34. The number of carbonyl (C=O) groups is 2. The van der Waals surface area contributed by atoms with Gasteiger partial charge >= 0.3 is 5.97 Å². The van der Waals surface area contributed by atoms with Gasteiger partial charge in [0, 0.05) is 12.8 Å². The van der Waals surface area contributed by atoms with Gasteiger partial charge in [0.1, 0.15) is 12.3 Å². The van der Waals surface area contributed by atoms with Crippen LogP contribution in [0.4, 0.5) is 0 Å². The van der Waals surface area contributed by atoms with Crippen LogP contribution in [0.1, 0.15) is 18.7 Å². The Morgan fingerprint density at radius 2 is 2.24 bits per heavy atom. The normalized spacial score (nSPS) is 15.9. The second kappa shape index (κ2) is 4.28. The Morgan fingerprint density at radius 1 is 1.47 bits per heavy atom. The molecule has 1 N–H and O–H groups in total. The molecule has 0 aromatic carbocycles. The van der Waals surface area contributed by atoms with E-state index in [-0.39, 0.29) is 31.0 Å². The molecule has 1 aromatic rings. The summed E-state index contributed by atoms with van der Waals surface area (Å²) >= 11 is 0. The van der Waals surface area contributed by atoms with E-state index in [0.29, 0.717) is 5.82 Å². The second-order valence-electron chi connectivity index (χ2n) is 3.50. The number of rotatable bonds is 3. The van der Waals surface area contributed by atoms with Crippen LogP contribution < -0.4 is 0 Å². The number of hydrogen-bond donors (Lipinski definition) is 1. The highest BCUT2D eigenvalue weighted by Gasteiger charge is 2.25. The van der Waals surface area contributed by atoms with Crippen LogP contribution in [0.15, 0.2) is 5.10 Å². The molecule has 0 atom stereocenters. The topological polar surface area (TPSA) is 114 Å². The number of tetrazole rings is 1. The molecule has 0 bridgehead atoms. The van der Waals surface area contributed by atoms with Crippen LogP contribution in [0.3, 0.4) is 0 Å². The molecule has 17 heavy (non-hydrogen) atoms. The van der Waals surface area contributed by atoms with Crippen LogP contribution in [0.5, 0.6) is 0 Å². The molecule has 2 rings (SSSR count). The molecule has 0 saturated carbocycles. The fourth-order valence-electron chi connectivity index (χ4n) is 1.40. The number of carboxylic acids is 1. The van der Waals surface area contributed by atoms with Crippen molar-refractivity contribution in [1.82, 2.24) is 25.2 Å². The van der Waals surface area contributed by atoms with E-state index < -0.39 is 5.97 Å². The molecular weight excluding hydrogens is 228 g/mol. The Morgan fingerprint density at radius 3 is 2.82 bits per heavy atom. The summed E-state index contributed by atoms with van der Waals surface area (Å²) < 4.78 is 0. The highest BCUT2D eigenvalue weighted by Crippen LogP contribution is 2.11. The SMILES string of the molecule is Cn1nnc(CN2N=C(C(=O)O)CCC2=O)n1. The van der Waals surface area contributed by atoms with E-state index in [1.807, 2.05) is 0 Å². The van der Waals surface area contributed by atoms with Crippen molar-refractivity contribution in [3.63, 3.8) is 0 Å². The van der Waals surface area contributed by atoms with Crippen molar-refractivity contribution in [3.8, 4) is 0 Å². The Labute approximate surface area is 95.7 Å². The zero-order valence-corrected chi connectivity index (χ0v) is 9.07. The van der Waals surface area contributed by atoms with Gasteiger partial charge < -0.3 is 5.11 Å². The van der Waals surface area contributed by atoms with Crippen molar-refractivity contribution in [3.05, 3.63) is 5.82 Å². The summed E-state index contributed by atoms with van der Waals surface area (Å²) in [5.74, 6) is -1.05. The Balaban J connectivity index is 2.15. The molecule has 9 nitrogen and oxygen atoms in total. The number of nitrogens with zero attached hydrogens (tertiary/aromatic N) is 6. The fourth-order valence-corrected chi connectivity index (χ4v) is 1.40. The number of carbonyl (C=O) groups excluding carboxylic acids is 1. The number of hydrogen-bond acceptors (Lipinski definition) is 6. The van der Waals surface area contributed by atoms with Gasteiger partial charge in [0.15, 0.2) is 5.82 Å². The lowest BCUT2D eigenvalue weighted by atomic mass is 10.2. The summed E-state index contributed by atoms with van der Waals surface area (Å²) in [5, 5.41) is 24.8. The molecule has 0 fully saturated rings. The molecule has 1 aromatic heterocycles. The third kappa shape index (κ3) is 2.44. The molecule has 0 spiro atoms. The minimum Gasteiger partial charge on any atom is -0.477 e. The molecule has 2 heterocycles. The van der Waals surface area contributed by atoms with Crippen LogP contribution in [0, 0.1) is 0 Å².